The maximum Gasteiger partial charge on any atom is 0.270 e. The number of rotatable bonds is 5. The number of hydrogen-bond donors (Lipinski definition) is 1. The standard InChI is InChI=1S/C27H33N3O4/c1-28-21-7-5-4-6-20(21)16-22(28)26(32)30-12-9-27(10-13-30)8-11-29(18-27)17-19-14-23(33-2)25(31)24(15-19)34-3/h4-7,14-16,31H,8-13,17-18H2,1-3H3. The van der Waals surface area contributed by atoms with Crippen molar-refractivity contribution < 1.29 is 19.4 Å². The van der Waals surface area contributed by atoms with E-state index in [2.05, 4.69) is 17.0 Å². The first-order valence-corrected chi connectivity index (χ1v) is 11.9. The fraction of sp³-hybridized carbons (Fsp3) is 0.444. The van der Waals surface area contributed by atoms with Crippen LogP contribution >= 0.6 is 0 Å². The van der Waals surface area contributed by atoms with E-state index in [1.165, 1.54) is 0 Å². The summed E-state index contributed by atoms with van der Waals surface area (Å²) in [6, 6.07) is 13.9. The number of phenols is 1. The summed E-state index contributed by atoms with van der Waals surface area (Å²) in [6.07, 6.45) is 3.21. The molecule has 2 saturated heterocycles. The number of aromatic hydroxyl groups is 1. The van der Waals surface area contributed by atoms with E-state index in [-0.39, 0.29) is 17.1 Å². The Balaban J connectivity index is 1.23. The number of ether oxygens (including phenoxy) is 2. The van der Waals surface area contributed by atoms with Gasteiger partial charge in [-0.15, -0.1) is 0 Å². The molecule has 7 heteroatoms. The van der Waals surface area contributed by atoms with Crippen molar-refractivity contribution in [3.63, 3.8) is 0 Å². The zero-order valence-corrected chi connectivity index (χ0v) is 20.2. The highest BCUT2D eigenvalue weighted by atomic mass is 16.5. The number of likely N-dealkylation sites (tertiary alicyclic amines) is 2. The first-order chi connectivity index (χ1) is 16.4. The van der Waals surface area contributed by atoms with E-state index in [1.54, 1.807) is 14.2 Å². The summed E-state index contributed by atoms with van der Waals surface area (Å²) in [7, 11) is 5.08. The Morgan fingerprint density at radius 1 is 1.00 bits per heavy atom. The van der Waals surface area contributed by atoms with E-state index >= 15 is 0 Å². The summed E-state index contributed by atoms with van der Waals surface area (Å²) in [5.74, 6) is 1.04. The molecule has 0 unspecified atom stereocenters. The lowest BCUT2D eigenvalue weighted by Crippen LogP contribution is -2.44. The van der Waals surface area contributed by atoms with Crippen molar-refractivity contribution in [2.75, 3.05) is 40.4 Å². The lowest BCUT2D eigenvalue weighted by atomic mass is 9.77. The summed E-state index contributed by atoms with van der Waals surface area (Å²) < 4.78 is 12.6. The van der Waals surface area contributed by atoms with E-state index in [0.717, 1.165) is 74.1 Å². The predicted octanol–water partition coefficient (Wildman–Crippen LogP) is 4.03. The van der Waals surface area contributed by atoms with Crippen LogP contribution in [0.25, 0.3) is 10.9 Å². The van der Waals surface area contributed by atoms with Crippen LogP contribution in [0.1, 0.15) is 35.3 Å². The highest BCUT2D eigenvalue weighted by Crippen LogP contribution is 2.42. The Morgan fingerprint density at radius 3 is 2.29 bits per heavy atom. The molecule has 3 aromatic rings. The molecule has 1 N–H and O–H groups in total. The summed E-state index contributed by atoms with van der Waals surface area (Å²) in [6.45, 7) is 4.44. The molecule has 0 saturated carbocycles. The summed E-state index contributed by atoms with van der Waals surface area (Å²) in [5, 5.41) is 11.3. The fourth-order valence-electron chi connectivity index (χ4n) is 5.71. The van der Waals surface area contributed by atoms with E-state index < -0.39 is 0 Å². The van der Waals surface area contributed by atoms with E-state index in [9.17, 15) is 9.90 Å². The summed E-state index contributed by atoms with van der Waals surface area (Å²) in [4.78, 5) is 17.8. The van der Waals surface area contributed by atoms with Crippen LogP contribution in [0, 0.1) is 5.41 Å². The number of aryl methyl sites for hydroxylation is 1. The van der Waals surface area contributed by atoms with E-state index in [4.69, 9.17) is 9.47 Å². The van der Waals surface area contributed by atoms with Gasteiger partial charge in [0.2, 0.25) is 5.75 Å². The lowest BCUT2D eigenvalue weighted by molar-refractivity contribution is 0.0579. The number of aromatic nitrogens is 1. The summed E-state index contributed by atoms with van der Waals surface area (Å²) >= 11 is 0. The van der Waals surface area contributed by atoms with Crippen molar-refractivity contribution in [3.05, 3.63) is 53.7 Å². The highest BCUT2D eigenvalue weighted by molar-refractivity contribution is 5.98. The first kappa shape index (κ1) is 22.6. The van der Waals surface area contributed by atoms with Crippen LogP contribution in [0.5, 0.6) is 17.2 Å². The van der Waals surface area contributed by atoms with Crippen LogP contribution in [0.4, 0.5) is 0 Å². The van der Waals surface area contributed by atoms with Crippen LogP contribution < -0.4 is 9.47 Å². The zero-order chi connectivity index (χ0) is 23.9. The average molecular weight is 464 g/mol. The molecule has 1 amide bonds. The second-order valence-electron chi connectivity index (χ2n) is 9.75. The third kappa shape index (κ3) is 3.98. The van der Waals surface area contributed by atoms with Gasteiger partial charge in [-0.05, 0) is 61.1 Å². The number of fused-ring (bicyclic) bond motifs is 1. The molecule has 0 radical (unpaired) electrons. The van der Waals surface area contributed by atoms with Crippen LogP contribution in [0.2, 0.25) is 0 Å². The molecule has 0 atom stereocenters. The van der Waals surface area contributed by atoms with Gasteiger partial charge in [0.25, 0.3) is 5.91 Å². The number of phenolic OH excluding ortho intramolecular Hbond substituents is 1. The lowest BCUT2D eigenvalue weighted by Gasteiger charge is -2.39. The van der Waals surface area contributed by atoms with Crippen LogP contribution in [-0.2, 0) is 13.6 Å². The molecular weight excluding hydrogens is 430 g/mol. The number of amides is 1. The largest absolute Gasteiger partial charge is 0.502 e. The Hall–Kier alpha value is -3.19. The number of nitrogens with zero attached hydrogens (tertiary/aromatic N) is 3. The van der Waals surface area contributed by atoms with Gasteiger partial charge in [0.05, 0.1) is 14.2 Å². The number of piperidine rings is 1. The molecule has 7 nitrogen and oxygen atoms in total. The number of carbonyl (C=O) groups excluding carboxylic acids is 1. The molecule has 2 aromatic carbocycles. The van der Waals surface area contributed by atoms with Crippen molar-refractivity contribution in [2.45, 2.75) is 25.8 Å². The molecule has 0 aliphatic carbocycles. The molecule has 1 aromatic heterocycles. The predicted molar refractivity (Wildman–Crippen MR) is 132 cm³/mol. The van der Waals surface area contributed by atoms with Gasteiger partial charge < -0.3 is 24.0 Å². The Morgan fingerprint density at radius 2 is 1.65 bits per heavy atom. The zero-order valence-electron chi connectivity index (χ0n) is 20.2. The number of methoxy groups -OCH3 is 2. The molecule has 2 aliphatic rings. The Labute approximate surface area is 200 Å². The molecule has 5 rings (SSSR count). The van der Waals surface area contributed by atoms with Gasteiger partial charge in [-0.25, -0.2) is 0 Å². The first-order valence-electron chi connectivity index (χ1n) is 11.9. The van der Waals surface area contributed by atoms with Gasteiger partial charge in [0, 0.05) is 44.1 Å². The van der Waals surface area contributed by atoms with Crippen molar-refractivity contribution >= 4 is 16.8 Å². The van der Waals surface area contributed by atoms with Crippen molar-refractivity contribution in [3.8, 4) is 17.2 Å². The molecule has 34 heavy (non-hydrogen) atoms. The van der Waals surface area contributed by atoms with Crippen LogP contribution in [0.3, 0.4) is 0 Å². The Kier molecular flexibility index (Phi) is 5.90. The molecule has 1 spiro atoms. The summed E-state index contributed by atoms with van der Waals surface area (Å²) in [5.41, 5.74) is 3.18. The third-order valence-electron chi connectivity index (χ3n) is 7.75. The minimum atomic E-state index is 0.0369. The molecule has 2 aliphatic heterocycles. The maximum atomic E-state index is 13.3. The molecular formula is C27H33N3O4. The van der Waals surface area contributed by atoms with Crippen molar-refractivity contribution in [1.82, 2.24) is 14.4 Å². The Bertz CT molecular complexity index is 1180. The molecule has 180 valence electrons. The molecule has 3 heterocycles. The van der Waals surface area contributed by atoms with Gasteiger partial charge in [-0.2, -0.15) is 0 Å². The second-order valence-corrected chi connectivity index (χ2v) is 9.75. The normalized spacial score (nSPS) is 18.0. The third-order valence-corrected chi connectivity index (χ3v) is 7.75. The smallest absolute Gasteiger partial charge is 0.270 e. The van der Waals surface area contributed by atoms with Crippen molar-refractivity contribution in [2.24, 2.45) is 12.5 Å². The van der Waals surface area contributed by atoms with Crippen molar-refractivity contribution in [1.29, 1.82) is 0 Å². The minimum absolute atomic E-state index is 0.0369. The van der Waals surface area contributed by atoms with Gasteiger partial charge in [0.15, 0.2) is 11.5 Å². The molecule has 2 fully saturated rings. The van der Waals surface area contributed by atoms with E-state index in [0.29, 0.717) is 11.5 Å². The minimum Gasteiger partial charge on any atom is -0.502 e. The highest BCUT2D eigenvalue weighted by Gasteiger charge is 2.41. The van der Waals surface area contributed by atoms with E-state index in [1.807, 2.05) is 46.8 Å². The van der Waals surface area contributed by atoms with Gasteiger partial charge in [-0.3, -0.25) is 9.69 Å². The topological polar surface area (TPSA) is 67.2 Å². The van der Waals surface area contributed by atoms with Crippen LogP contribution in [0.15, 0.2) is 42.5 Å². The van der Waals surface area contributed by atoms with Gasteiger partial charge in [-0.1, -0.05) is 18.2 Å². The number of para-hydroxylation sites is 1. The van der Waals surface area contributed by atoms with Gasteiger partial charge in [0.1, 0.15) is 5.69 Å². The average Bonchev–Trinajstić information content (AvgIpc) is 3.40. The second kappa shape index (κ2) is 8.87. The van der Waals surface area contributed by atoms with Gasteiger partial charge >= 0.3 is 0 Å². The quantitative estimate of drug-likeness (QED) is 0.619. The maximum absolute atomic E-state index is 13.3. The fourth-order valence-corrected chi connectivity index (χ4v) is 5.71. The van der Waals surface area contributed by atoms with Crippen LogP contribution in [-0.4, -0.2) is 65.8 Å². The molecule has 0 bridgehead atoms. The monoisotopic (exact) mass is 463 g/mol. The SMILES string of the molecule is COc1cc(CN2CCC3(CCN(C(=O)c4cc5ccccc5n4C)CC3)C2)cc(OC)c1O. The number of hydrogen-bond acceptors (Lipinski definition) is 5. The number of carbonyl (C=O) groups is 1. The number of benzene rings is 2.